The van der Waals surface area contributed by atoms with E-state index in [9.17, 15) is 18.0 Å². The zero-order valence-corrected chi connectivity index (χ0v) is 16.9. The average molecular weight is 408 g/mol. The first-order valence-electron chi connectivity index (χ1n) is 10.5. The highest BCUT2D eigenvalue weighted by atomic mass is 19.4. The first kappa shape index (κ1) is 20.2. The van der Waals surface area contributed by atoms with E-state index in [1.54, 1.807) is 14.0 Å². The molecule has 0 N–H and O–H groups in total. The zero-order valence-electron chi connectivity index (χ0n) is 16.9. The minimum Gasteiger partial charge on any atom is -0.342 e. The number of nitrogens with zero attached hydrogens (tertiary/aromatic N) is 4. The van der Waals surface area contributed by atoms with Gasteiger partial charge in [-0.2, -0.15) is 18.3 Å². The van der Waals surface area contributed by atoms with Crippen LogP contribution in [0.1, 0.15) is 68.3 Å². The molecular weight excluding hydrogens is 381 g/mol. The fraction of sp³-hybridized carbons (Fsp3) is 0.667. The highest BCUT2D eigenvalue weighted by Gasteiger charge is 2.38. The average Bonchev–Trinajstić information content (AvgIpc) is 3.35. The lowest BCUT2D eigenvalue weighted by molar-refractivity contribution is -0.137. The number of rotatable bonds is 3. The molecule has 2 aromatic heterocycles. The summed E-state index contributed by atoms with van der Waals surface area (Å²) in [6.45, 7) is 2.91. The topological polar surface area (TPSA) is 51.0 Å². The summed E-state index contributed by atoms with van der Waals surface area (Å²) in [5.74, 6) is 0.0387. The molecule has 1 atom stereocenters. The summed E-state index contributed by atoms with van der Waals surface area (Å²) in [5.41, 5.74) is 0.433. The predicted molar refractivity (Wildman–Crippen MR) is 103 cm³/mol. The smallest absolute Gasteiger partial charge is 0.342 e. The lowest BCUT2D eigenvalue weighted by Crippen LogP contribution is -2.42. The van der Waals surface area contributed by atoms with Crippen molar-refractivity contribution in [2.75, 3.05) is 13.1 Å². The van der Waals surface area contributed by atoms with E-state index in [2.05, 4.69) is 10.1 Å². The molecule has 158 valence electrons. The van der Waals surface area contributed by atoms with Gasteiger partial charge in [-0.15, -0.1) is 0 Å². The van der Waals surface area contributed by atoms with Crippen molar-refractivity contribution >= 4 is 16.9 Å². The minimum atomic E-state index is -4.48. The van der Waals surface area contributed by atoms with E-state index >= 15 is 0 Å². The second kappa shape index (κ2) is 7.61. The molecule has 2 aliphatic rings. The van der Waals surface area contributed by atoms with E-state index in [0.29, 0.717) is 30.9 Å². The Morgan fingerprint density at radius 2 is 1.93 bits per heavy atom. The van der Waals surface area contributed by atoms with Crippen LogP contribution in [0, 0.1) is 5.92 Å². The first-order chi connectivity index (χ1) is 13.8. The largest absolute Gasteiger partial charge is 0.417 e. The van der Waals surface area contributed by atoms with Gasteiger partial charge in [0.05, 0.1) is 16.6 Å². The number of likely N-dealkylation sites (tertiary alicyclic amines) is 1. The van der Waals surface area contributed by atoms with E-state index in [0.717, 1.165) is 44.6 Å². The van der Waals surface area contributed by atoms with Crippen LogP contribution in [0.15, 0.2) is 6.07 Å². The lowest BCUT2D eigenvalue weighted by Gasteiger charge is -2.34. The van der Waals surface area contributed by atoms with Crippen molar-refractivity contribution in [3.05, 3.63) is 23.0 Å². The van der Waals surface area contributed by atoms with Gasteiger partial charge in [-0.05, 0) is 38.2 Å². The number of piperidine rings is 1. The van der Waals surface area contributed by atoms with E-state index in [1.807, 2.05) is 4.90 Å². The Labute approximate surface area is 168 Å². The highest BCUT2D eigenvalue weighted by Crippen LogP contribution is 2.40. The summed E-state index contributed by atoms with van der Waals surface area (Å²) in [7, 11) is 1.64. The van der Waals surface area contributed by atoms with Gasteiger partial charge < -0.3 is 4.90 Å². The third-order valence-corrected chi connectivity index (χ3v) is 6.37. The van der Waals surface area contributed by atoms with E-state index < -0.39 is 11.7 Å². The summed E-state index contributed by atoms with van der Waals surface area (Å²) in [4.78, 5) is 19.1. The number of carbonyl (C=O) groups excluding carboxylic acids is 1. The molecule has 1 amide bonds. The Hall–Kier alpha value is -2.12. The second-order valence-electron chi connectivity index (χ2n) is 8.32. The van der Waals surface area contributed by atoms with Gasteiger partial charge in [0.15, 0.2) is 5.65 Å². The molecule has 1 saturated carbocycles. The van der Waals surface area contributed by atoms with Gasteiger partial charge in [-0.1, -0.05) is 19.8 Å². The molecule has 8 heteroatoms. The minimum absolute atomic E-state index is 0.0775. The Morgan fingerprint density at radius 3 is 2.59 bits per heavy atom. The molecule has 1 aliphatic carbocycles. The standard InChI is InChI=1S/C21H27F3N4O/c1-3-15-11-16(21(22,23)24)17-18(26-27(2)19(17)25-15)14-9-6-10-28(12-14)20(29)13-7-4-5-8-13/h11,13-14H,3-10,12H2,1-2H3. The van der Waals surface area contributed by atoms with Crippen LogP contribution in [0.2, 0.25) is 0 Å². The van der Waals surface area contributed by atoms with Gasteiger partial charge >= 0.3 is 6.18 Å². The molecule has 29 heavy (non-hydrogen) atoms. The number of hydrogen-bond donors (Lipinski definition) is 0. The van der Waals surface area contributed by atoms with E-state index in [-0.39, 0.29) is 28.8 Å². The van der Waals surface area contributed by atoms with Crippen LogP contribution in [0.4, 0.5) is 13.2 Å². The van der Waals surface area contributed by atoms with Crippen molar-refractivity contribution in [2.24, 2.45) is 13.0 Å². The Bertz CT molecular complexity index is 915. The van der Waals surface area contributed by atoms with Crippen LogP contribution in [-0.4, -0.2) is 38.7 Å². The molecule has 1 unspecified atom stereocenters. The number of carbonyl (C=O) groups is 1. The molecular formula is C21H27F3N4O. The summed E-state index contributed by atoms with van der Waals surface area (Å²) < 4.78 is 43.1. The number of halogens is 3. The van der Waals surface area contributed by atoms with Crippen LogP contribution < -0.4 is 0 Å². The molecule has 2 aromatic rings. The molecule has 4 rings (SSSR count). The van der Waals surface area contributed by atoms with Gasteiger partial charge in [-0.25, -0.2) is 4.98 Å². The summed E-state index contributed by atoms with van der Waals surface area (Å²) >= 11 is 0. The maximum Gasteiger partial charge on any atom is 0.417 e. The maximum absolute atomic E-state index is 13.9. The maximum atomic E-state index is 13.9. The molecule has 1 aliphatic heterocycles. The highest BCUT2D eigenvalue weighted by molar-refractivity contribution is 5.84. The number of aryl methyl sites for hydroxylation is 2. The molecule has 2 fully saturated rings. The van der Waals surface area contributed by atoms with Gasteiger partial charge in [0.1, 0.15) is 0 Å². The van der Waals surface area contributed by atoms with Gasteiger partial charge in [0, 0.05) is 37.7 Å². The second-order valence-corrected chi connectivity index (χ2v) is 8.32. The van der Waals surface area contributed by atoms with Crippen molar-refractivity contribution in [3.8, 4) is 0 Å². The number of alkyl halides is 3. The van der Waals surface area contributed by atoms with Crippen LogP contribution in [-0.2, 0) is 24.4 Å². The Kier molecular flexibility index (Phi) is 5.29. The third-order valence-electron chi connectivity index (χ3n) is 6.37. The number of fused-ring (bicyclic) bond motifs is 1. The molecule has 5 nitrogen and oxygen atoms in total. The fourth-order valence-corrected chi connectivity index (χ4v) is 4.85. The van der Waals surface area contributed by atoms with Crippen molar-refractivity contribution in [2.45, 2.75) is 64.0 Å². The predicted octanol–water partition coefficient (Wildman–Crippen LogP) is 4.45. The third kappa shape index (κ3) is 3.73. The van der Waals surface area contributed by atoms with Crippen LogP contribution >= 0.6 is 0 Å². The molecule has 0 aromatic carbocycles. The van der Waals surface area contributed by atoms with E-state index in [4.69, 9.17) is 0 Å². The SMILES string of the molecule is CCc1cc(C(F)(F)F)c2c(C3CCCN(C(=O)C4CCCC4)C3)nn(C)c2n1. The van der Waals surface area contributed by atoms with Crippen molar-refractivity contribution < 1.29 is 18.0 Å². The summed E-state index contributed by atoms with van der Waals surface area (Å²) in [6.07, 6.45) is 1.47. The Balaban J connectivity index is 1.72. The lowest BCUT2D eigenvalue weighted by atomic mass is 9.90. The van der Waals surface area contributed by atoms with Crippen LogP contribution in [0.25, 0.3) is 11.0 Å². The van der Waals surface area contributed by atoms with Crippen LogP contribution in [0.3, 0.4) is 0 Å². The molecule has 3 heterocycles. The van der Waals surface area contributed by atoms with Crippen molar-refractivity contribution in [1.29, 1.82) is 0 Å². The van der Waals surface area contributed by atoms with Gasteiger partial charge in [0.2, 0.25) is 5.91 Å². The van der Waals surface area contributed by atoms with Gasteiger partial charge in [-0.3, -0.25) is 9.48 Å². The molecule has 1 saturated heterocycles. The van der Waals surface area contributed by atoms with Crippen molar-refractivity contribution in [1.82, 2.24) is 19.7 Å². The summed E-state index contributed by atoms with van der Waals surface area (Å²) in [5, 5.41) is 4.57. The Morgan fingerprint density at radius 1 is 1.21 bits per heavy atom. The van der Waals surface area contributed by atoms with Crippen molar-refractivity contribution in [3.63, 3.8) is 0 Å². The van der Waals surface area contributed by atoms with E-state index in [1.165, 1.54) is 4.68 Å². The quantitative estimate of drug-likeness (QED) is 0.754. The van der Waals surface area contributed by atoms with Crippen LogP contribution in [0.5, 0.6) is 0 Å². The summed E-state index contributed by atoms with van der Waals surface area (Å²) in [6, 6.07) is 1.15. The zero-order chi connectivity index (χ0) is 20.8. The fourth-order valence-electron chi connectivity index (χ4n) is 4.85. The molecule has 0 bridgehead atoms. The molecule has 0 spiro atoms. The number of hydrogen-bond acceptors (Lipinski definition) is 3. The molecule has 0 radical (unpaired) electrons. The monoisotopic (exact) mass is 408 g/mol. The number of aromatic nitrogens is 3. The first-order valence-corrected chi connectivity index (χ1v) is 10.5. The van der Waals surface area contributed by atoms with Gasteiger partial charge in [0.25, 0.3) is 0 Å². The number of amides is 1. The normalized spacial score (nSPS) is 21.3. The number of pyridine rings is 1.